The highest BCUT2D eigenvalue weighted by atomic mass is 16.5. The average molecular weight is 823 g/mol. The Balaban J connectivity index is 0.897. The first-order chi connectivity index (χ1) is 29.8. The molecule has 312 valence electrons. The Labute approximate surface area is 352 Å². The second-order valence-electron chi connectivity index (χ2n) is 14.9. The van der Waals surface area contributed by atoms with E-state index in [2.05, 4.69) is 30.6 Å². The Bertz CT molecular complexity index is 2280. The number of benzene rings is 4. The van der Waals surface area contributed by atoms with Gasteiger partial charge in [0.2, 0.25) is 0 Å². The fraction of sp³-hybridized carbons (Fsp3) is 0.261. The third kappa shape index (κ3) is 8.95. The van der Waals surface area contributed by atoms with Crippen molar-refractivity contribution in [2.75, 3.05) is 27.3 Å². The summed E-state index contributed by atoms with van der Waals surface area (Å²) in [5.41, 5.74) is 4.75. The maximum atomic E-state index is 13.9. The number of nitrogens with zero attached hydrogens (tertiary/aromatic N) is 4. The van der Waals surface area contributed by atoms with Gasteiger partial charge in [-0.05, 0) is 96.5 Å². The van der Waals surface area contributed by atoms with E-state index in [4.69, 9.17) is 14.2 Å². The van der Waals surface area contributed by atoms with Crippen molar-refractivity contribution in [3.8, 4) is 34.0 Å². The molecule has 4 aromatic carbocycles. The van der Waals surface area contributed by atoms with E-state index in [1.54, 1.807) is 22.2 Å². The van der Waals surface area contributed by atoms with E-state index in [1.165, 1.54) is 14.2 Å². The Morgan fingerprint density at radius 1 is 0.590 bits per heavy atom. The molecular formula is C46H46N8O7. The number of H-pyrrole nitrogens is 2. The Kier molecular flexibility index (Phi) is 12.1. The van der Waals surface area contributed by atoms with Crippen LogP contribution in [0.2, 0.25) is 0 Å². The molecule has 0 spiro atoms. The molecule has 2 saturated heterocycles. The van der Waals surface area contributed by atoms with Crippen LogP contribution in [0, 0.1) is 0 Å². The number of ether oxygens (including phenoxy) is 3. The number of likely N-dealkylation sites (tertiary alicyclic amines) is 2. The Hall–Kier alpha value is -7.42. The molecule has 2 aliphatic heterocycles. The monoisotopic (exact) mass is 822 g/mol. The number of aromatic nitrogens is 4. The van der Waals surface area contributed by atoms with Gasteiger partial charge in [-0.3, -0.25) is 9.59 Å². The van der Waals surface area contributed by atoms with Crippen molar-refractivity contribution >= 4 is 24.0 Å². The summed E-state index contributed by atoms with van der Waals surface area (Å²) in [6.45, 7) is 1.08. The van der Waals surface area contributed by atoms with Gasteiger partial charge in [0.1, 0.15) is 35.2 Å². The molecule has 0 unspecified atom stereocenters. The standard InChI is InChI=1S/C46H46N8O7/c1-59-45(57)51-39(31-11-5-3-6-12-31)43(55)53-25-9-15-37(53)41-47-27-35(49-41)29-17-21-33(22-18-29)61-34-23-19-30(20-24-34)36-28-48-42(50-36)38-16-10-26-54(38)44(56)40(52-46(58)60-2)32-13-7-4-8-14-32/h3-8,11-14,17-24,27-28,37-40H,9-10,15-16,25-26H2,1-2H3,(H,47,49)(H,48,50)(H,51,57)(H,52,58)/t37-,38-,39+,40+/m0/s1. The number of nitrogens with one attached hydrogen (secondary N) is 4. The van der Waals surface area contributed by atoms with Gasteiger partial charge in [-0.25, -0.2) is 19.6 Å². The summed E-state index contributed by atoms with van der Waals surface area (Å²) >= 11 is 0. The van der Waals surface area contributed by atoms with Gasteiger partial charge in [0.15, 0.2) is 0 Å². The molecule has 2 fully saturated rings. The van der Waals surface area contributed by atoms with Crippen LogP contribution in [-0.2, 0) is 19.1 Å². The number of hydrogen-bond acceptors (Lipinski definition) is 9. The molecule has 15 nitrogen and oxygen atoms in total. The zero-order valence-electron chi connectivity index (χ0n) is 33.7. The zero-order chi connectivity index (χ0) is 42.3. The summed E-state index contributed by atoms with van der Waals surface area (Å²) in [5.74, 6) is 2.20. The van der Waals surface area contributed by atoms with Crippen LogP contribution in [0.25, 0.3) is 22.5 Å². The molecule has 8 rings (SSSR count). The van der Waals surface area contributed by atoms with Gasteiger partial charge < -0.3 is 44.6 Å². The molecular weight excluding hydrogens is 777 g/mol. The first-order valence-corrected chi connectivity index (χ1v) is 20.2. The van der Waals surface area contributed by atoms with Crippen molar-refractivity contribution in [3.63, 3.8) is 0 Å². The van der Waals surface area contributed by atoms with Crippen molar-refractivity contribution in [2.24, 2.45) is 0 Å². The van der Waals surface area contributed by atoms with Gasteiger partial charge in [0, 0.05) is 13.1 Å². The third-order valence-electron chi connectivity index (χ3n) is 11.1. The van der Waals surface area contributed by atoms with E-state index in [0.29, 0.717) is 47.4 Å². The quantitative estimate of drug-likeness (QED) is 0.0958. The molecule has 4 atom stereocenters. The smallest absolute Gasteiger partial charge is 0.407 e. The summed E-state index contributed by atoms with van der Waals surface area (Å²) in [7, 11) is 2.55. The number of amides is 4. The van der Waals surface area contributed by atoms with E-state index in [9.17, 15) is 19.2 Å². The van der Waals surface area contributed by atoms with Crippen molar-refractivity contribution < 1.29 is 33.4 Å². The first-order valence-electron chi connectivity index (χ1n) is 20.2. The number of alkyl carbamates (subject to hydrolysis) is 2. The predicted molar refractivity (Wildman–Crippen MR) is 225 cm³/mol. The van der Waals surface area contributed by atoms with Gasteiger partial charge in [0.05, 0.1) is 50.1 Å². The van der Waals surface area contributed by atoms with Gasteiger partial charge in [-0.15, -0.1) is 0 Å². The predicted octanol–water partition coefficient (Wildman–Crippen LogP) is 7.78. The zero-order valence-corrected chi connectivity index (χ0v) is 33.7. The van der Waals surface area contributed by atoms with E-state index >= 15 is 0 Å². The van der Waals surface area contributed by atoms with Crippen LogP contribution in [0.4, 0.5) is 9.59 Å². The largest absolute Gasteiger partial charge is 0.457 e. The molecule has 4 heterocycles. The van der Waals surface area contributed by atoms with Crippen LogP contribution in [0.1, 0.15) is 72.6 Å². The fourth-order valence-corrected chi connectivity index (χ4v) is 8.03. The lowest BCUT2D eigenvalue weighted by Gasteiger charge is -2.28. The summed E-state index contributed by atoms with van der Waals surface area (Å²) in [4.78, 5) is 71.9. The lowest BCUT2D eigenvalue weighted by Crippen LogP contribution is -2.42. The highest BCUT2D eigenvalue weighted by Crippen LogP contribution is 2.36. The number of carbonyl (C=O) groups is 4. The number of aromatic amines is 2. The van der Waals surface area contributed by atoms with Crippen molar-refractivity contribution in [2.45, 2.75) is 49.9 Å². The number of hydrogen-bond donors (Lipinski definition) is 4. The van der Waals surface area contributed by atoms with Crippen LogP contribution in [0.15, 0.2) is 122 Å². The fourth-order valence-electron chi connectivity index (χ4n) is 8.03. The molecule has 6 aromatic rings. The summed E-state index contributed by atoms with van der Waals surface area (Å²) in [6.07, 6.45) is 5.24. The maximum absolute atomic E-state index is 13.9. The van der Waals surface area contributed by atoms with E-state index in [1.807, 2.05) is 109 Å². The average Bonchev–Trinajstić information content (AvgIpc) is 4.15. The Morgan fingerprint density at radius 3 is 1.36 bits per heavy atom. The molecule has 4 amide bonds. The molecule has 2 aliphatic rings. The van der Waals surface area contributed by atoms with Crippen LogP contribution in [0.5, 0.6) is 11.5 Å². The SMILES string of the molecule is COC(=O)N[C@@H](C(=O)N1CCC[C@H]1c1ncc(-c2ccc(Oc3ccc(-c4cnc([C@@H]5CCCN5C(=O)[C@H](NC(=O)OC)c5ccccc5)[nH]4)cc3)cc2)[nH]1)c1ccccc1. The maximum Gasteiger partial charge on any atom is 0.407 e. The number of imidazole rings is 2. The van der Waals surface area contributed by atoms with Crippen molar-refractivity contribution in [3.05, 3.63) is 144 Å². The van der Waals surface area contributed by atoms with Crippen LogP contribution in [-0.4, -0.2) is 81.0 Å². The summed E-state index contributed by atoms with van der Waals surface area (Å²) < 4.78 is 15.8. The van der Waals surface area contributed by atoms with E-state index < -0.39 is 24.3 Å². The highest BCUT2D eigenvalue weighted by molar-refractivity contribution is 5.88. The Morgan fingerprint density at radius 2 is 0.984 bits per heavy atom. The number of methoxy groups -OCH3 is 2. The van der Waals surface area contributed by atoms with E-state index in [-0.39, 0.29) is 23.9 Å². The number of rotatable bonds is 12. The van der Waals surface area contributed by atoms with Crippen LogP contribution >= 0.6 is 0 Å². The van der Waals surface area contributed by atoms with E-state index in [0.717, 1.165) is 48.2 Å². The topological polar surface area (TPSA) is 184 Å². The minimum atomic E-state index is -0.892. The third-order valence-corrected chi connectivity index (χ3v) is 11.1. The lowest BCUT2D eigenvalue weighted by molar-refractivity contribution is -0.135. The first kappa shape index (κ1) is 40.4. The van der Waals surface area contributed by atoms with Gasteiger partial charge in [0.25, 0.3) is 11.8 Å². The highest BCUT2D eigenvalue weighted by Gasteiger charge is 2.38. The molecule has 0 radical (unpaired) electrons. The second kappa shape index (κ2) is 18.2. The summed E-state index contributed by atoms with van der Waals surface area (Å²) in [6, 6.07) is 31.2. The minimum absolute atomic E-state index is 0.227. The molecule has 0 saturated carbocycles. The number of carbonyl (C=O) groups excluding carboxylic acids is 4. The normalized spacial score (nSPS) is 17.0. The second-order valence-corrected chi connectivity index (χ2v) is 14.9. The lowest BCUT2D eigenvalue weighted by atomic mass is 10.1. The molecule has 2 aromatic heterocycles. The van der Waals surface area contributed by atoms with Crippen molar-refractivity contribution in [1.82, 2.24) is 40.4 Å². The van der Waals surface area contributed by atoms with Crippen LogP contribution in [0.3, 0.4) is 0 Å². The van der Waals surface area contributed by atoms with Crippen LogP contribution < -0.4 is 15.4 Å². The van der Waals surface area contributed by atoms with Gasteiger partial charge in [-0.2, -0.15) is 0 Å². The molecule has 61 heavy (non-hydrogen) atoms. The molecule has 15 heteroatoms. The van der Waals surface area contributed by atoms with Gasteiger partial charge in [-0.1, -0.05) is 60.7 Å². The molecule has 0 aliphatic carbocycles. The van der Waals surface area contributed by atoms with Crippen molar-refractivity contribution in [1.29, 1.82) is 0 Å². The minimum Gasteiger partial charge on any atom is -0.457 e. The summed E-state index contributed by atoms with van der Waals surface area (Å²) in [5, 5.41) is 5.40. The molecule has 4 N–H and O–H groups in total. The van der Waals surface area contributed by atoms with Gasteiger partial charge >= 0.3 is 12.2 Å². The molecule has 0 bridgehead atoms.